The van der Waals surface area contributed by atoms with Crippen molar-refractivity contribution in [2.24, 2.45) is 5.92 Å². The fourth-order valence-corrected chi connectivity index (χ4v) is 2.31. The van der Waals surface area contributed by atoms with Gasteiger partial charge in [-0.25, -0.2) is 4.79 Å². The molecule has 1 rings (SSSR count). The third kappa shape index (κ3) is 5.78. The fourth-order valence-electron chi connectivity index (χ4n) is 2.07. The van der Waals surface area contributed by atoms with Gasteiger partial charge in [0.25, 0.3) is 0 Å². The van der Waals surface area contributed by atoms with Crippen molar-refractivity contribution in [1.82, 2.24) is 0 Å². The molecule has 5 heteroatoms. The highest BCUT2D eigenvalue weighted by molar-refractivity contribution is 6.32. The van der Waals surface area contributed by atoms with Crippen LogP contribution in [0.4, 0.5) is 5.69 Å². The molecule has 116 valence electrons. The van der Waals surface area contributed by atoms with E-state index in [9.17, 15) is 4.79 Å². The van der Waals surface area contributed by atoms with Crippen molar-refractivity contribution in [2.75, 3.05) is 31.7 Å². The molecule has 1 N–H and O–H groups in total. The normalized spacial score (nSPS) is 11.3. The monoisotopic (exact) mass is 311 g/mol. The maximum atomic E-state index is 10.8. The lowest BCUT2D eigenvalue weighted by atomic mass is 10.1. The average molecular weight is 312 g/mol. The smallest absolute Gasteiger partial charge is 0.328 e. The molecule has 0 aliphatic rings. The first-order chi connectivity index (χ1) is 9.95. The van der Waals surface area contributed by atoms with Crippen LogP contribution in [0.2, 0.25) is 5.02 Å². The molecule has 0 radical (unpaired) electrons. The van der Waals surface area contributed by atoms with E-state index in [4.69, 9.17) is 21.4 Å². The largest absolute Gasteiger partial charge is 0.478 e. The van der Waals surface area contributed by atoms with Crippen LogP contribution in [-0.2, 0) is 9.53 Å². The highest BCUT2D eigenvalue weighted by Crippen LogP contribution is 2.29. The summed E-state index contributed by atoms with van der Waals surface area (Å²) >= 11 is 6.23. The summed E-state index contributed by atoms with van der Waals surface area (Å²) in [5.74, 6) is -0.523. The van der Waals surface area contributed by atoms with Gasteiger partial charge in [0, 0.05) is 42.5 Å². The van der Waals surface area contributed by atoms with E-state index in [1.165, 1.54) is 0 Å². The molecule has 0 spiro atoms. The first-order valence-corrected chi connectivity index (χ1v) is 7.27. The van der Waals surface area contributed by atoms with Gasteiger partial charge in [0.2, 0.25) is 0 Å². The topological polar surface area (TPSA) is 49.8 Å². The van der Waals surface area contributed by atoms with E-state index >= 15 is 0 Å². The van der Waals surface area contributed by atoms with Gasteiger partial charge in [-0.15, -0.1) is 0 Å². The Labute approximate surface area is 131 Å². The molecule has 0 bridgehead atoms. The van der Waals surface area contributed by atoms with Crippen LogP contribution in [0.1, 0.15) is 19.4 Å². The van der Waals surface area contributed by atoms with Crippen LogP contribution in [-0.4, -0.2) is 37.9 Å². The molecule has 1 aromatic rings. The van der Waals surface area contributed by atoms with Crippen LogP contribution in [0.5, 0.6) is 0 Å². The molecule has 4 nitrogen and oxygen atoms in total. The number of aliphatic carboxylic acids is 1. The minimum atomic E-state index is -0.992. The highest BCUT2D eigenvalue weighted by atomic mass is 35.5. The third-order valence-corrected chi connectivity index (χ3v) is 3.24. The van der Waals surface area contributed by atoms with Gasteiger partial charge in [0.15, 0.2) is 0 Å². The Morgan fingerprint density at radius 3 is 2.76 bits per heavy atom. The van der Waals surface area contributed by atoms with Crippen LogP contribution in [0, 0.1) is 5.92 Å². The Bertz CT molecular complexity index is 500. The number of benzene rings is 1. The minimum Gasteiger partial charge on any atom is -0.478 e. The molecule has 0 unspecified atom stereocenters. The Balaban J connectivity index is 3.16. The molecular weight excluding hydrogens is 290 g/mol. The minimum absolute atomic E-state index is 0.470. The van der Waals surface area contributed by atoms with Crippen LogP contribution < -0.4 is 4.90 Å². The Hall–Kier alpha value is -1.52. The lowest BCUT2D eigenvalue weighted by Gasteiger charge is -2.28. The van der Waals surface area contributed by atoms with Gasteiger partial charge in [0.1, 0.15) is 0 Å². The molecule has 1 aromatic carbocycles. The SMILES string of the molecule is COCCN(CC(C)C)c1cccc(Cl)c1C=CC(=O)O. The third-order valence-electron chi connectivity index (χ3n) is 2.91. The second-order valence-electron chi connectivity index (χ2n) is 5.18. The number of carbonyl (C=O) groups is 1. The van der Waals surface area contributed by atoms with Gasteiger partial charge in [-0.05, 0) is 24.1 Å². The molecule has 0 amide bonds. The molecule has 0 aliphatic carbocycles. The van der Waals surface area contributed by atoms with E-state index < -0.39 is 5.97 Å². The van der Waals surface area contributed by atoms with Crippen molar-refractivity contribution in [3.63, 3.8) is 0 Å². The van der Waals surface area contributed by atoms with Crippen molar-refractivity contribution in [2.45, 2.75) is 13.8 Å². The molecule has 0 heterocycles. The number of halogens is 1. The lowest BCUT2D eigenvalue weighted by molar-refractivity contribution is -0.131. The van der Waals surface area contributed by atoms with Crippen LogP contribution in [0.15, 0.2) is 24.3 Å². The lowest BCUT2D eigenvalue weighted by Crippen LogP contribution is -2.31. The quantitative estimate of drug-likeness (QED) is 0.746. The predicted octanol–water partition coefficient (Wildman–Crippen LogP) is 3.55. The first kappa shape index (κ1) is 17.5. The van der Waals surface area contributed by atoms with Crippen molar-refractivity contribution in [3.8, 4) is 0 Å². The van der Waals surface area contributed by atoms with Crippen molar-refractivity contribution in [1.29, 1.82) is 0 Å². The van der Waals surface area contributed by atoms with Gasteiger partial charge in [-0.2, -0.15) is 0 Å². The predicted molar refractivity (Wildman–Crippen MR) is 87.0 cm³/mol. The van der Waals surface area contributed by atoms with Crippen molar-refractivity contribution >= 4 is 29.3 Å². The second kappa shape index (κ2) is 8.70. The van der Waals surface area contributed by atoms with Gasteiger partial charge >= 0.3 is 5.97 Å². The standard InChI is InChI=1S/C16H22ClNO3/c1-12(2)11-18(9-10-21-3)15-6-4-5-14(17)13(15)7-8-16(19)20/h4-8,12H,9-11H2,1-3H3,(H,19,20). The molecule has 0 fully saturated rings. The summed E-state index contributed by atoms with van der Waals surface area (Å²) in [4.78, 5) is 12.9. The number of nitrogens with zero attached hydrogens (tertiary/aromatic N) is 1. The summed E-state index contributed by atoms with van der Waals surface area (Å²) in [5, 5.41) is 9.36. The van der Waals surface area contributed by atoms with Crippen molar-refractivity contribution in [3.05, 3.63) is 34.9 Å². The summed E-state index contributed by atoms with van der Waals surface area (Å²) in [6, 6.07) is 5.58. The van der Waals surface area contributed by atoms with Crippen LogP contribution >= 0.6 is 11.6 Å². The number of methoxy groups -OCH3 is 1. The maximum absolute atomic E-state index is 10.8. The van der Waals surface area contributed by atoms with Crippen LogP contribution in [0.25, 0.3) is 6.08 Å². The van der Waals surface area contributed by atoms with Gasteiger partial charge < -0.3 is 14.7 Å². The number of ether oxygens (including phenoxy) is 1. The number of hydrogen-bond acceptors (Lipinski definition) is 3. The number of carboxylic acids is 1. The molecular formula is C16H22ClNO3. The Morgan fingerprint density at radius 2 is 2.19 bits per heavy atom. The van der Waals surface area contributed by atoms with E-state index in [1.807, 2.05) is 12.1 Å². The summed E-state index contributed by atoms with van der Waals surface area (Å²) in [7, 11) is 1.66. The zero-order chi connectivity index (χ0) is 15.8. The number of rotatable bonds is 8. The van der Waals surface area contributed by atoms with Gasteiger partial charge in [0.05, 0.1) is 6.61 Å². The van der Waals surface area contributed by atoms with Crippen molar-refractivity contribution < 1.29 is 14.6 Å². The zero-order valence-electron chi connectivity index (χ0n) is 12.7. The Kier molecular flexibility index (Phi) is 7.26. The second-order valence-corrected chi connectivity index (χ2v) is 5.58. The molecule has 0 aliphatic heterocycles. The molecule has 0 aromatic heterocycles. The highest BCUT2D eigenvalue weighted by Gasteiger charge is 2.13. The van der Waals surface area contributed by atoms with E-state index in [1.54, 1.807) is 19.3 Å². The zero-order valence-corrected chi connectivity index (χ0v) is 13.4. The number of hydrogen-bond donors (Lipinski definition) is 1. The summed E-state index contributed by atoms with van der Waals surface area (Å²) in [5.41, 5.74) is 1.64. The summed E-state index contributed by atoms with van der Waals surface area (Å²) in [6.07, 6.45) is 2.65. The van der Waals surface area contributed by atoms with E-state index in [0.717, 1.165) is 30.4 Å². The molecule has 0 saturated heterocycles. The number of anilines is 1. The average Bonchev–Trinajstić information content (AvgIpc) is 2.41. The summed E-state index contributed by atoms with van der Waals surface area (Å²) in [6.45, 7) is 6.44. The maximum Gasteiger partial charge on any atom is 0.328 e. The molecule has 0 saturated carbocycles. The molecule has 0 atom stereocenters. The summed E-state index contributed by atoms with van der Waals surface area (Å²) < 4.78 is 5.16. The van der Waals surface area contributed by atoms with Gasteiger partial charge in [-0.1, -0.05) is 31.5 Å². The Morgan fingerprint density at radius 1 is 1.48 bits per heavy atom. The van der Waals surface area contributed by atoms with E-state index in [0.29, 0.717) is 17.5 Å². The van der Waals surface area contributed by atoms with Gasteiger partial charge in [-0.3, -0.25) is 0 Å². The van der Waals surface area contributed by atoms with E-state index in [2.05, 4.69) is 18.7 Å². The van der Waals surface area contributed by atoms with Crippen LogP contribution in [0.3, 0.4) is 0 Å². The molecule has 21 heavy (non-hydrogen) atoms. The first-order valence-electron chi connectivity index (χ1n) is 6.89. The van der Waals surface area contributed by atoms with E-state index in [-0.39, 0.29) is 0 Å². The number of carboxylic acid groups (broad SMARTS) is 1. The fraction of sp³-hybridized carbons (Fsp3) is 0.438.